The van der Waals surface area contributed by atoms with Gasteiger partial charge in [0.05, 0.1) is 25.9 Å². The lowest BCUT2D eigenvalue weighted by molar-refractivity contribution is -0.00131. The maximum Gasteiger partial charge on any atom is 0.289 e. The summed E-state index contributed by atoms with van der Waals surface area (Å²) in [6.07, 6.45) is -0.879. The quantitative estimate of drug-likeness (QED) is 0.794. The zero-order valence-electron chi connectivity index (χ0n) is 8.96. The predicted octanol–water partition coefficient (Wildman–Crippen LogP) is 2.71. The average Bonchev–Trinajstić information content (AvgIpc) is 2.28. The van der Waals surface area contributed by atoms with Crippen LogP contribution in [0.25, 0.3) is 0 Å². The number of alkyl halides is 2. The third-order valence-electron chi connectivity index (χ3n) is 2.10. The highest BCUT2D eigenvalue weighted by molar-refractivity contribution is 5.43. The molecule has 86 valence electrons. The van der Waals surface area contributed by atoms with Gasteiger partial charge in [0.2, 0.25) is 0 Å². The van der Waals surface area contributed by atoms with E-state index < -0.39 is 12.3 Å². The summed E-state index contributed by atoms with van der Waals surface area (Å²) in [7, 11) is 2.72. The first-order valence-electron chi connectivity index (χ1n) is 4.52. The van der Waals surface area contributed by atoms with E-state index in [-0.39, 0.29) is 11.3 Å². The van der Waals surface area contributed by atoms with Gasteiger partial charge in [-0.05, 0) is 12.1 Å². The number of methoxy groups -OCH3 is 2. The van der Waals surface area contributed by atoms with Crippen molar-refractivity contribution >= 4 is 0 Å². The largest absolute Gasteiger partial charge is 0.497 e. The van der Waals surface area contributed by atoms with E-state index in [1.165, 1.54) is 38.5 Å². The van der Waals surface area contributed by atoms with Crippen LogP contribution in [-0.2, 0) is 5.92 Å². The second-order valence-electron chi connectivity index (χ2n) is 3.11. The second kappa shape index (κ2) is 4.79. The molecule has 0 unspecified atom stereocenters. The monoisotopic (exact) mass is 227 g/mol. The minimum atomic E-state index is -3.22. The number of nitrogens with zero attached hydrogens (tertiary/aromatic N) is 1. The van der Waals surface area contributed by atoms with Crippen molar-refractivity contribution < 1.29 is 18.3 Å². The summed E-state index contributed by atoms with van der Waals surface area (Å²) < 4.78 is 36.7. The summed E-state index contributed by atoms with van der Waals surface area (Å²) in [6, 6.07) is 5.42. The summed E-state index contributed by atoms with van der Waals surface area (Å²) in [5, 5.41) is 8.33. The molecule has 1 aromatic carbocycles. The predicted molar refractivity (Wildman–Crippen MR) is 53.7 cm³/mol. The molecule has 0 radical (unpaired) electrons. The van der Waals surface area contributed by atoms with Crippen molar-refractivity contribution in [2.75, 3.05) is 14.2 Å². The molecule has 0 atom stereocenters. The van der Waals surface area contributed by atoms with Crippen molar-refractivity contribution in [1.82, 2.24) is 0 Å². The molecule has 0 aliphatic rings. The molecule has 5 heteroatoms. The van der Waals surface area contributed by atoms with Gasteiger partial charge in [-0.15, -0.1) is 0 Å². The zero-order chi connectivity index (χ0) is 12.2. The number of ether oxygens (including phenoxy) is 2. The Bertz CT molecular complexity index is 413. The first-order valence-corrected chi connectivity index (χ1v) is 4.52. The first-order chi connectivity index (χ1) is 7.55. The third-order valence-corrected chi connectivity index (χ3v) is 2.10. The molecule has 0 spiro atoms. The fourth-order valence-electron chi connectivity index (χ4n) is 1.30. The Morgan fingerprint density at radius 1 is 1.31 bits per heavy atom. The molecule has 0 fully saturated rings. The number of nitriles is 1. The highest BCUT2D eigenvalue weighted by Gasteiger charge is 2.34. The Hall–Kier alpha value is -1.83. The number of hydrogen-bond donors (Lipinski definition) is 0. The van der Waals surface area contributed by atoms with E-state index in [0.717, 1.165) is 0 Å². The molecule has 0 aromatic heterocycles. The minimum Gasteiger partial charge on any atom is -0.497 e. The van der Waals surface area contributed by atoms with Gasteiger partial charge in [-0.2, -0.15) is 5.26 Å². The van der Waals surface area contributed by atoms with Crippen molar-refractivity contribution in [3.63, 3.8) is 0 Å². The molecule has 0 aliphatic heterocycles. The summed E-state index contributed by atoms with van der Waals surface area (Å²) in [5.41, 5.74) is -0.308. The van der Waals surface area contributed by atoms with Gasteiger partial charge in [0.25, 0.3) is 5.92 Å². The number of hydrogen-bond acceptors (Lipinski definition) is 3. The topological polar surface area (TPSA) is 42.2 Å². The van der Waals surface area contributed by atoms with Gasteiger partial charge in [-0.3, -0.25) is 0 Å². The molecular formula is C11H11F2NO2. The van der Waals surface area contributed by atoms with E-state index in [4.69, 9.17) is 14.7 Å². The summed E-state index contributed by atoms with van der Waals surface area (Å²) in [4.78, 5) is 0. The molecule has 3 nitrogen and oxygen atoms in total. The molecule has 16 heavy (non-hydrogen) atoms. The van der Waals surface area contributed by atoms with Crippen LogP contribution in [0, 0.1) is 11.3 Å². The molecule has 0 heterocycles. The Balaban J connectivity index is 3.19. The van der Waals surface area contributed by atoms with Crippen LogP contribution in [0.4, 0.5) is 8.78 Å². The van der Waals surface area contributed by atoms with Crippen molar-refractivity contribution in [2.45, 2.75) is 12.3 Å². The minimum absolute atomic E-state index is 0.0135. The Labute approximate surface area is 92.2 Å². The standard InChI is InChI=1S/C11H11F2NO2/c1-15-8-3-4-9(10(7-8)16-2)11(12,13)5-6-14/h3-4,7H,5H2,1-2H3. The maximum atomic E-state index is 13.5. The highest BCUT2D eigenvalue weighted by Crippen LogP contribution is 2.39. The van der Waals surface area contributed by atoms with E-state index in [2.05, 4.69) is 0 Å². The van der Waals surface area contributed by atoms with Crippen LogP contribution < -0.4 is 9.47 Å². The highest BCUT2D eigenvalue weighted by atomic mass is 19.3. The van der Waals surface area contributed by atoms with E-state index in [1.54, 1.807) is 0 Å². The van der Waals surface area contributed by atoms with Gasteiger partial charge in [-0.1, -0.05) is 0 Å². The Morgan fingerprint density at radius 2 is 2.00 bits per heavy atom. The normalized spacial score (nSPS) is 10.7. The first kappa shape index (κ1) is 12.2. The molecule has 1 aromatic rings. The lowest BCUT2D eigenvalue weighted by Gasteiger charge is -2.17. The van der Waals surface area contributed by atoms with Crippen molar-refractivity contribution in [3.05, 3.63) is 23.8 Å². The van der Waals surface area contributed by atoms with Gasteiger partial charge in [-0.25, -0.2) is 8.78 Å². The van der Waals surface area contributed by atoms with E-state index in [1.807, 2.05) is 0 Å². The average molecular weight is 227 g/mol. The number of halogens is 2. The molecule has 0 bridgehead atoms. The van der Waals surface area contributed by atoms with Crippen LogP contribution in [0.15, 0.2) is 18.2 Å². The van der Waals surface area contributed by atoms with Crippen LogP contribution in [0.1, 0.15) is 12.0 Å². The number of rotatable bonds is 4. The van der Waals surface area contributed by atoms with Gasteiger partial charge >= 0.3 is 0 Å². The van der Waals surface area contributed by atoms with Crippen LogP contribution >= 0.6 is 0 Å². The SMILES string of the molecule is COc1ccc(C(F)(F)CC#N)c(OC)c1. The van der Waals surface area contributed by atoms with E-state index in [0.29, 0.717) is 5.75 Å². The summed E-state index contributed by atoms with van der Waals surface area (Å²) >= 11 is 0. The summed E-state index contributed by atoms with van der Waals surface area (Å²) in [6.45, 7) is 0. The fraction of sp³-hybridized carbons (Fsp3) is 0.364. The zero-order valence-corrected chi connectivity index (χ0v) is 8.96. The van der Waals surface area contributed by atoms with E-state index in [9.17, 15) is 8.78 Å². The fourth-order valence-corrected chi connectivity index (χ4v) is 1.30. The van der Waals surface area contributed by atoms with Crippen LogP contribution in [-0.4, -0.2) is 14.2 Å². The van der Waals surface area contributed by atoms with Gasteiger partial charge in [0.15, 0.2) is 0 Å². The number of benzene rings is 1. The van der Waals surface area contributed by atoms with Crippen molar-refractivity contribution in [3.8, 4) is 17.6 Å². The second-order valence-corrected chi connectivity index (χ2v) is 3.11. The van der Waals surface area contributed by atoms with Crippen molar-refractivity contribution in [1.29, 1.82) is 5.26 Å². The molecule has 0 N–H and O–H groups in total. The molecule has 0 aliphatic carbocycles. The van der Waals surface area contributed by atoms with Crippen molar-refractivity contribution in [2.24, 2.45) is 0 Å². The third kappa shape index (κ3) is 2.40. The van der Waals surface area contributed by atoms with Crippen LogP contribution in [0.2, 0.25) is 0 Å². The van der Waals surface area contributed by atoms with Gasteiger partial charge < -0.3 is 9.47 Å². The van der Waals surface area contributed by atoms with Gasteiger partial charge in [0.1, 0.15) is 17.9 Å². The van der Waals surface area contributed by atoms with Crippen LogP contribution in [0.3, 0.4) is 0 Å². The smallest absolute Gasteiger partial charge is 0.289 e. The summed E-state index contributed by atoms with van der Waals surface area (Å²) in [5.74, 6) is -2.78. The molecule has 0 saturated carbocycles. The molecule has 0 saturated heterocycles. The van der Waals surface area contributed by atoms with Crippen LogP contribution in [0.5, 0.6) is 11.5 Å². The Kier molecular flexibility index (Phi) is 3.67. The molecule has 0 amide bonds. The lowest BCUT2D eigenvalue weighted by atomic mass is 10.0. The molecule has 1 rings (SSSR count). The lowest BCUT2D eigenvalue weighted by Crippen LogP contribution is -2.13. The van der Waals surface area contributed by atoms with Gasteiger partial charge in [0, 0.05) is 6.07 Å². The Morgan fingerprint density at radius 3 is 2.50 bits per heavy atom. The van der Waals surface area contributed by atoms with E-state index >= 15 is 0 Å². The maximum absolute atomic E-state index is 13.5. The molecular weight excluding hydrogens is 216 g/mol.